The van der Waals surface area contributed by atoms with Crippen molar-refractivity contribution in [2.45, 2.75) is 45.4 Å². The number of hydrogen-bond acceptors (Lipinski definition) is 7. The van der Waals surface area contributed by atoms with Gasteiger partial charge in [-0.3, -0.25) is 4.79 Å². The van der Waals surface area contributed by atoms with Crippen LogP contribution in [0.5, 0.6) is 5.88 Å². The van der Waals surface area contributed by atoms with Crippen molar-refractivity contribution >= 4 is 22.9 Å². The number of rotatable bonds is 10. The van der Waals surface area contributed by atoms with Gasteiger partial charge in [-0.2, -0.15) is 0 Å². The van der Waals surface area contributed by atoms with Crippen LogP contribution in [0.4, 0.5) is 5.69 Å². The van der Waals surface area contributed by atoms with Gasteiger partial charge in [0.2, 0.25) is 11.8 Å². The molecule has 2 aromatic heterocycles. The Kier molecular flexibility index (Phi) is 8.60. The summed E-state index contributed by atoms with van der Waals surface area (Å²) in [5.74, 6) is 0.791. The van der Waals surface area contributed by atoms with Crippen LogP contribution in [0.3, 0.4) is 0 Å². The molecule has 1 amide bonds. The minimum Gasteiger partial charge on any atom is -0.481 e. The second kappa shape index (κ2) is 12.0. The minimum absolute atomic E-state index is 0.0165. The summed E-state index contributed by atoms with van der Waals surface area (Å²) in [6.07, 6.45) is 7.28. The standard InChI is InChI=1S/C26H32N4O3S/c1-19-28-29-25(34-19)9-4-3-5-14-30(26(31)20-11-15-33-16-12-20)23-8-6-7-21(17-23)22-10-13-27-24(18-22)32-2/h6-8,10,13,17-18,20H,3-5,9,11-12,14-16H2,1-2H3. The topological polar surface area (TPSA) is 77.4 Å². The summed E-state index contributed by atoms with van der Waals surface area (Å²) in [7, 11) is 1.61. The van der Waals surface area contributed by atoms with Gasteiger partial charge < -0.3 is 14.4 Å². The number of nitrogens with zero attached hydrogens (tertiary/aromatic N) is 4. The molecule has 1 aromatic carbocycles. The van der Waals surface area contributed by atoms with E-state index < -0.39 is 0 Å². The van der Waals surface area contributed by atoms with E-state index >= 15 is 0 Å². The monoisotopic (exact) mass is 480 g/mol. The molecule has 0 spiro atoms. The molecule has 0 saturated carbocycles. The summed E-state index contributed by atoms with van der Waals surface area (Å²) in [5.41, 5.74) is 2.98. The van der Waals surface area contributed by atoms with Crippen molar-refractivity contribution in [3.63, 3.8) is 0 Å². The van der Waals surface area contributed by atoms with E-state index in [0.29, 0.717) is 25.6 Å². The lowest BCUT2D eigenvalue weighted by molar-refractivity contribution is -0.125. The number of ether oxygens (including phenoxy) is 2. The van der Waals surface area contributed by atoms with Crippen molar-refractivity contribution in [1.29, 1.82) is 0 Å². The number of aromatic nitrogens is 3. The summed E-state index contributed by atoms with van der Waals surface area (Å²) < 4.78 is 10.8. The zero-order chi connectivity index (χ0) is 23.8. The Balaban J connectivity index is 1.47. The first kappa shape index (κ1) is 24.3. The quantitative estimate of drug-likeness (QED) is 0.376. The summed E-state index contributed by atoms with van der Waals surface area (Å²) in [6, 6.07) is 12.1. The second-order valence-corrected chi connectivity index (χ2v) is 9.81. The van der Waals surface area contributed by atoms with Crippen LogP contribution in [0.1, 0.15) is 42.1 Å². The molecule has 0 aliphatic carbocycles. The molecule has 1 aliphatic heterocycles. The molecular formula is C26H32N4O3S. The van der Waals surface area contributed by atoms with Crippen molar-refractivity contribution in [1.82, 2.24) is 15.2 Å². The molecule has 0 N–H and O–H groups in total. The van der Waals surface area contributed by atoms with Gasteiger partial charge in [-0.25, -0.2) is 4.98 Å². The van der Waals surface area contributed by atoms with E-state index in [1.54, 1.807) is 24.6 Å². The van der Waals surface area contributed by atoms with Crippen molar-refractivity contribution in [2.75, 3.05) is 31.8 Å². The molecule has 0 radical (unpaired) electrons. The normalized spacial score (nSPS) is 14.2. The average Bonchev–Trinajstić information content (AvgIpc) is 3.31. The van der Waals surface area contributed by atoms with Crippen molar-refractivity contribution in [2.24, 2.45) is 5.92 Å². The highest BCUT2D eigenvalue weighted by molar-refractivity contribution is 7.11. The predicted octanol–water partition coefficient (Wildman–Crippen LogP) is 5.09. The number of benzene rings is 1. The van der Waals surface area contributed by atoms with E-state index in [1.807, 2.05) is 36.1 Å². The van der Waals surface area contributed by atoms with Crippen LogP contribution in [-0.4, -0.2) is 48.0 Å². The van der Waals surface area contributed by atoms with Crippen LogP contribution < -0.4 is 9.64 Å². The Morgan fingerprint density at radius 2 is 1.94 bits per heavy atom. The molecule has 1 aliphatic rings. The highest BCUT2D eigenvalue weighted by Crippen LogP contribution is 2.29. The number of amides is 1. The van der Waals surface area contributed by atoms with Gasteiger partial charge in [0.15, 0.2) is 0 Å². The maximum Gasteiger partial charge on any atom is 0.230 e. The molecule has 3 aromatic rings. The molecule has 7 nitrogen and oxygen atoms in total. The lowest BCUT2D eigenvalue weighted by atomic mass is 9.97. The van der Waals surface area contributed by atoms with Crippen LogP contribution in [0.2, 0.25) is 0 Å². The molecule has 1 fully saturated rings. The third-order valence-corrected chi connectivity index (χ3v) is 7.01. The summed E-state index contributed by atoms with van der Waals surface area (Å²) in [5, 5.41) is 10.4. The molecule has 0 bridgehead atoms. The van der Waals surface area contributed by atoms with Crippen molar-refractivity contribution in [3.05, 3.63) is 52.6 Å². The maximum absolute atomic E-state index is 13.6. The molecular weight excluding hydrogens is 448 g/mol. The summed E-state index contributed by atoms with van der Waals surface area (Å²) in [6.45, 7) is 4.00. The fourth-order valence-corrected chi connectivity index (χ4v) is 5.00. The van der Waals surface area contributed by atoms with E-state index in [2.05, 4.69) is 27.3 Å². The van der Waals surface area contributed by atoms with Crippen LogP contribution >= 0.6 is 11.3 Å². The summed E-state index contributed by atoms with van der Waals surface area (Å²) in [4.78, 5) is 19.7. The number of carbonyl (C=O) groups excluding carboxylic acids is 1. The fourth-order valence-electron chi connectivity index (χ4n) is 4.25. The first-order chi connectivity index (χ1) is 16.6. The predicted molar refractivity (Wildman–Crippen MR) is 134 cm³/mol. The SMILES string of the molecule is COc1cc(-c2cccc(N(CCCCCc3nnc(C)s3)C(=O)C3CCOCC3)c2)ccn1. The lowest BCUT2D eigenvalue weighted by Gasteiger charge is -2.30. The van der Waals surface area contributed by atoms with Crippen molar-refractivity contribution < 1.29 is 14.3 Å². The molecule has 8 heteroatoms. The van der Waals surface area contributed by atoms with Crippen LogP contribution in [0.15, 0.2) is 42.6 Å². The van der Waals surface area contributed by atoms with E-state index in [9.17, 15) is 4.79 Å². The number of carbonyl (C=O) groups is 1. The number of aryl methyl sites for hydroxylation is 2. The van der Waals surface area contributed by atoms with Crippen molar-refractivity contribution in [3.8, 4) is 17.0 Å². The van der Waals surface area contributed by atoms with Crippen LogP contribution in [-0.2, 0) is 16.0 Å². The van der Waals surface area contributed by atoms with E-state index in [1.165, 1.54) is 0 Å². The molecule has 34 heavy (non-hydrogen) atoms. The number of pyridine rings is 1. The minimum atomic E-state index is 0.0165. The molecule has 0 unspecified atom stereocenters. The summed E-state index contributed by atoms with van der Waals surface area (Å²) >= 11 is 1.66. The van der Waals surface area contributed by atoms with Gasteiger partial charge in [0.05, 0.1) is 7.11 Å². The van der Waals surface area contributed by atoms with E-state index in [4.69, 9.17) is 9.47 Å². The number of methoxy groups -OCH3 is 1. The smallest absolute Gasteiger partial charge is 0.230 e. The van der Waals surface area contributed by atoms with Crippen LogP contribution in [0.25, 0.3) is 11.1 Å². The van der Waals surface area contributed by atoms with Gasteiger partial charge in [0.25, 0.3) is 0 Å². The third-order valence-electron chi connectivity index (χ3n) is 6.11. The first-order valence-electron chi connectivity index (χ1n) is 11.9. The Morgan fingerprint density at radius 3 is 2.71 bits per heavy atom. The Hall–Kier alpha value is -2.84. The molecule has 180 valence electrons. The molecule has 1 saturated heterocycles. The zero-order valence-corrected chi connectivity index (χ0v) is 20.7. The van der Waals surface area contributed by atoms with Crippen LogP contribution in [0, 0.1) is 12.8 Å². The van der Waals surface area contributed by atoms with E-state index in [-0.39, 0.29) is 11.8 Å². The zero-order valence-electron chi connectivity index (χ0n) is 19.9. The molecule has 4 rings (SSSR count). The van der Waals surface area contributed by atoms with Gasteiger partial charge in [-0.1, -0.05) is 18.6 Å². The number of unbranched alkanes of at least 4 members (excludes halogenated alkanes) is 2. The van der Waals surface area contributed by atoms with Gasteiger partial charge in [0.1, 0.15) is 10.0 Å². The average molecular weight is 481 g/mol. The maximum atomic E-state index is 13.6. The molecule has 3 heterocycles. The Morgan fingerprint density at radius 1 is 1.12 bits per heavy atom. The van der Waals surface area contributed by atoms with Gasteiger partial charge >= 0.3 is 0 Å². The first-order valence-corrected chi connectivity index (χ1v) is 12.7. The largest absolute Gasteiger partial charge is 0.481 e. The third kappa shape index (κ3) is 6.39. The number of anilines is 1. The second-order valence-electron chi connectivity index (χ2n) is 8.54. The lowest BCUT2D eigenvalue weighted by Crippen LogP contribution is -2.39. The van der Waals surface area contributed by atoms with Gasteiger partial charge in [-0.05, 0) is 61.9 Å². The highest BCUT2D eigenvalue weighted by Gasteiger charge is 2.27. The van der Waals surface area contributed by atoms with Gasteiger partial charge in [-0.15, -0.1) is 21.5 Å². The number of hydrogen-bond donors (Lipinski definition) is 0. The fraction of sp³-hybridized carbons (Fsp3) is 0.462. The Bertz CT molecular complexity index is 1080. The highest BCUT2D eigenvalue weighted by atomic mass is 32.1. The Labute approximate surface area is 205 Å². The van der Waals surface area contributed by atoms with Gasteiger partial charge in [0, 0.05) is 50.0 Å². The van der Waals surface area contributed by atoms with E-state index in [0.717, 1.165) is 65.4 Å². The molecule has 0 atom stereocenters.